The topological polar surface area (TPSA) is 93.1 Å². The van der Waals surface area contributed by atoms with Gasteiger partial charge in [0.15, 0.2) is 5.76 Å². The molecule has 0 unspecified atom stereocenters. The second-order valence-corrected chi connectivity index (χ2v) is 5.47. The van der Waals surface area contributed by atoms with Gasteiger partial charge in [0.1, 0.15) is 35.6 Å². The SMILES string of the molecule is Cc1cccc(OCc2ccc(C(=O)Nc3c(C#N)cnn3C)o2)c1. The van der Waals surface area contributed by atoms with Gasteiger partial charge in [0.2, 0.25) is 0 Å². The fraction of sp³-hybridized carbons (Fsp3) is 0.167. The smallest absolute Gasteiger partial charge is 0.292 e. The number of nitrogens with zero attached hydrogens (tertiary/aromatic N) is 3. The predicted molar refractivity (Wildman–Crippen MR) is 90.1 cm³/mol. The van der Waals surface area contributed by atoms with Crippen molar-refractivity contribution >= 4 is 11.7 Å². The van der Waals surface area contributed by atoms with Crippen molar-refractivity contribution in [2.24, 2.45) is 7.05 Å². The van der Waals surface area contributed by atoms with Crippen LogP contribution in [0.5, 0.6) is 5.75 Å². The number of hydrogen-bond acceptors (Lipinski definition) is 5. The molecule has 126 valence electrons. The van der Waals surface area contributed by atoms with E-state index in [9.17, 15) is 4.79 Å². The number of nitriles is 1. The van der Waals surface area contributed by atoms with Crippen LogP contribution in [-0.4, -0.2) is 15.7 Å². The minimum Gasteiger partial charge on any atom is -0.486 e. The van der Waals surface area contributed by atoms with E-state index in [0.29, 0.717) is 11.6 Å². The van der Waals surface area contributed by atoms with E-state index in [1.807, 2.05) is 37.3 Å². The molecule has 0 aliphatic carbocycles. The molecule has 3 aromatic rings. The van der Waals surface area contributed by atoms with E-state index < -0.39 is 5.91 Å². The average Bonchev–Trinajstić information content (AvgIpc) is 3.21. The summed E-state index contributed by atoms with van der Waals surface area (Å²) in [5.74, 6) is 1.25. The Morgan fingerprint density at radius 3 is 3.00 bits per heavy atom. The molecule has 1 N–H and O–H groups in total. The minimum atomic E-state index is -0.457. The molecule has 3 rings (SSSR count). The highest BCUT2D eigenvalue weighted by Gasteiger charge is 2.16. The first-order valence-corrected chi connectivity index (χ1v) is 7.58. The highest BCUT2D eigenvalue weighted by Crippen LogP contribution is 2.18. The number of ether oxygens (including phenoxy) is 1. The molecule has 7 heteroatoms. The van der Waals surface area contributed by atoms with Crippen LogP contribution in [0.25, 0.3) is 0 Å². The first kappa shape index (κ1) is 16.3. The summed E-state index contributed by atoms with van der Waals surface area (Å²) in [7, 11) is 1.64. The van der Waals surface area contributed by atoms with Crippen molar-refractivity contribution in [3.05, 3.63) is 65.2 Å². The number of nitrogens with one attached hydrogen (secondary N) is 1. The normalized spacial score (nSPS) is 10.3. The van der Waals surface area contributed by atoms with Crippen molar-refractivity contribution in [1.29, 1.82) is 5.26 Å². The summed E-state index contributed by atoms with van der Waals surface area (Å²) in [5.41, 5.74) is 1.38. The van der Waals surface area contributed by atoms with Gasteiger partial charge in [-0.05, 0) is 36.8 Å². The lowest BCUT2D eigenvalue weighted by atomic mass is 10.2. The zero-order valence-corrected chi connectivity index (χ0v) is 13.8. The molecule has 0 aliphatic rings. The van der Waals surface area contributed by atoms with E-state index in [2.05, 4.69) is 10.4 Å². The molecule has 1 amide bonds. The van der Waals surface area contributed by atoms with Crippen molar-refractivity contribution in [3.63, 3.8) is 0 Å². The number of hydrogen-bond donors (Lipinski definition) is 1. The van der Waals surface area contributed by atoms with Crippen LogP contribution >= 0.6 is 0 Å². The molecule has 0 fully saturated rings. The fourth-order valence-corrected chi connectivity index (χ4v) is 2.27. The van der Waals surface area contributed by atoms with Crippen LogP contribution in [-0.2, 0) is 13.7 Å². The maximum atomic E-state index is 12.3. The summed E-state index contributed by atoms with van der Waals surface area (Å²) < 4.78 is 12.6. The van der Waals surface area contributed by atoms with E-state index >= 15 is 0 Å². The van der Waals surface area contributed by atoms with Crippen LogP contribution in [0.1, 0.15) is 27.4 Å². The van der Waals surface area contributed by atoms with Crippen LogP contribution < -0.4 is 10.1 Å². The Balaban J connectivity index is 1.65. The first-order chi connectivity index (χ1) is 12.1. The van der Waals surface area contributed by atoms with Crippen LogP contribution in [0.15, 0.2) is 47.0 Å². The predicted octanol–water partition coefficient (Wildman–Crippen LogP) is 3.02. The Kier molecular flexibility index (Phi) is 4.53. The third kappa shape index (κ3) is 3.70. The van der Waals surface area contributed by atoms with Crippen LogP contribution in [0.3, 0.4) is 0 Å². The van der Waals surface area contributed by atoms with Crippen molar-refractivity contribution in [3.8, 4) is 11.8 Å². The van der Waals surface area contributed by atoms with E-state index in [-0.39, 0.29) is 17.9 Å². The molecule has 0 atom stereocenters. The van der Waals surface area contributed by atoms with Gasteiger partial charge in [-0.3, -0.25) is 9.48 Å². The number of anilines is 1. The number of amides is 1. The van der Waals surface area contributed by atoms with Gasteiger partial charge in [0, 0.05) is 7.05 Å². The van der Waals surface area contributed by atoms with E-state index in [0.717, 1.165) is 11.3 Å². The standard InChI is InChI=1S/C18H16N4O3/c1-12-4-3-5-14(8-12)24-11-15-6-7-16(25-15)18(23)21-17-13(9-19)10-20-22(17)2/h3-8,10H,11H2,1-2H3,(H,21,23). The largest absolute Gasteiger partial charge is 0.486 e. The molecule has 0 aliphatic heterocycles. The summed E-state index contributed by atoms with van der Waals surface area (Å²) >= 11 is 0. The molecule has 7 nitrogen and oxygen atoms in total. The Morgan fingerprint density at radius 1 is 1.40 bits per heavy atom. The highest BCUT2D eigenvalue weighted by atomic mass is 16.5. The lowest BCUT2D eigenvalue weighted by molar-refractivity contribution is 0.0991. The molecular weight excluding hydrogens is 320 g/mol. The van der Waals surface area contributed by atoms with Crippen molar-refractivity contribution in [2.45, 2.75) is 13.5 Å². The Bertz CT molecular complexity index is 949. The zero-order chi connectivity index (χ0) is 17.8. The summed E-state index contributed by atoms with van der Waals surface area (Å²) in [6.07, 6.45) is 1.39. The van der Waals surface area contributed by atoms with Crippen molar-refractivity contribution < 1.29 is 13.9 Å². The Hall–Kier alpha value is -3.53. The third-order valence-electron chi connectivity index (χ3n) is 3.55. The number of carbonyl (C=O) groups is 1. The molecule has 2 heterocycles. The van der Waals surface area contributed by atoms with Gasteiger partial charge in [-0.25, -0.2) is 0 Å². The lowest BCUT2D eigenvalue weighted by Crippen LogP contribution is -2.14. The quantitative estimate of drug-likeness (QED) is 0.773. The first-order valence-electron chi connectivity index (χ1n) is 7.58. The van der Waals surface area contributed by atoms with E-state index in [1.165, 1.54) is 10.9 Å². The van der Waals surface area contributed by atoms with Gasteiger partial charge in [0.25, 0.3) is 5.91 Å². The number of aromatic nitrogens is 2. The number of furan rings is 1. The number of aryl methyl sites for hydroxylation is 2. The number of carbonyl (C=O) groups excluding carboxylic acids is 1. The second kappa shape index (κ2) is 6.93. The summed E-state index contributed by atoms with van der Waals surface area (Å²) in [6, 6.07) is 12.9. The molecule has 0 radical (unpaired) electrons. The van der Waals surface area contributed by atoms with Gasteiger partial charge >= 0.3 is 0 Å². The van der Waals surface area contributed by atoms with Crippen molar-refractivity contribution in [1.82, 2.24) is 9.78 Å². The molecule has 25 heavy (non-hydrogen) atoms. The Morgan fingerprint density at radius 2 is 2.24 bits per heavy atom. The molecule has 0 spiro atoms. The summed E-state index contributed by atoms with van der Waals surface area (Å²) in [6.45, 7) is 2.20. The molecular formula is C18H16N4O3. The van der Waals surface area contributed by atoms with E-state index in [1.54, 1.807) is 19.2 Å². The lowest BCUT2D eigenvalue weighted by Gasteiger charge is -2.05. The summed E-state index contributed by atoms with van der Waals surface area (Å²) in [5, 5.41) is 15.6. The van der Waals surface area contributed by atoms with Gasteiger partial charge in [-0.1, -0.05) is 12.1 Å². The maximum Gasteiger partial charge on any atom is 0.292 e. The van der Waals surface area contributed by atoms with Gasteiger partial charge in [0.05, 0.1) is 6.20 Å². The number of benzene rings is 1. The monoisotopic (exact) mass is 336 g/mol. The molecule has 0 saturated carbocycles. The van der Waals surface area contributed by atoms with Crippen LogP contribution in [0, 0.1) is 18.3 Å². The van der Waals surface area contributed by atoms with Crippen LogP contribution in [0.4, 0.5) is 5.82 Å². The summed E-state index contributed by atoms with van der Waals surface area (Å²) in [4.78, 5) is 12.3. The highest BCUT2D eigenvalue weighted by molar-refractivity contribution is 6.02. The molecule has 0 bridgehead atoms. The van der Waals surface area contributed by atoms with Crippen LogP contribution in [0.2, 0.25) is 0 Å². The molecule has 1 aromatic carbocycles. The zero-order valence-electron chi connectivity index (χ0n) is 13.8. The molecule has 0 saturated heterocycles. The van der Waals surface area contributed by atoms with Crippen molar-refractivity contribution in [2.75, 3.05) is 5.32 Å². The van der Waals surface area contributed by atoms with Gasteiger partial charge < -0.3 is 14.5 Å². The average molecular weight is 336 g/mol. The maximum absolute atomic E-state index is 12.3. The second-order valence-electron chi connectivity index (χ2n) is 5.47. The van der Waals surface area contributed by atoms with Gasteiger partial charge in [-0.2, -0.15) is 10.4 Å². The molecule has 2 aromatic heterocycles. The fourth-order valence-electron chi connectivity index (χ4n) is 2.27. The third-order valence-corrected chi connectivity index (χ3v) is 3.55. The van der Waals surface area contributed by atoms with E-state index in [4.69, 9.17) is 14.4 Å². The number of rotatable bonds is 5. The minimum absolute atomic E-state index is 0.132. The van der Waals surface area contributed by atoms with Gasteiger partial charge in [-0.15, -0.1) is 0 Å². The Labute approximate surface area is 144 Å².